The minimum Gasteiger partial charge on any atom is -0.349 e. The summed E-state index contributed by atoms with van der Waals surface area (Å²) in [4.78, 5) is 8.50. The van der Waals surface area contributed by atoms with Gasteiger partial charge in [-0.05, 0) is 19.3 Å². The summed E-state index contributed by atoms with van der Waals surface area (Å²) < 4.78 is 0. The van der Waals surface area contributed by atoms with Gasteiger partial charge >= 0.3 is 0 Å². The lowest BCUT2D eigenvalue weighted by atomic mass is 10.2. The molecule has 0 aliphatic heterocycles. The van der Waals surface area contributed by atoms with E-state index in [1.807, 2.05) is 32.1 Å². The summed E-state index contributed by atoms with van der Waals surface area (Å²) in [5.41, 5.74) is 0. The fraction of sp³-hybridized carbons (Fsp3) is 0.750. The van der Waals surface area contributed by atoms with E-state index >= 15 is 0 Å². The molecule has 0 fully saturated rings. The number of allylic oxidation sites excluding steroid dienone is 1. The Hall–Kier alpha value is -0.990. The predicted octanol–water partition coefficient (Wildman–Crippen LogP) is 2.21. The number of hydrogen-bond donors (Lipinski definition) is 0. The minimum absolute atomic E-state index is 1.04. The lowest BCUT2D eigenvalue weighted by Crippen LogP contribution is -2.38. The zero-order chi connectivity index (χ0) is 11.7. The largest absolute Gasteiger partial charge is 0.349 e. The molecular weight excluding hydrogens is 186 g/mol. The van der Waals surface area contributed by atoms with Gasteiger partial charge in [-0.3, -0.25) is 4.99 Å². The van der Waals surface area contributed by atoms with Crippen LogP contribution in [-0.4, -0.2) is 50.5 Å². The average Bonchev–Trinajstić information content (AvgIpc) is 2.18. The van der Waals surface area contributed by atoms with E-state index in [2.05, 4.69) is 23.5 Å². The van der Waals surface area contributed by atoms with E-state index in [1.54, 1.807) is 0 Å². The van der Waals surface area contributed by atoms with Gasteiger partial charge in [0.2, 0.25) is 0 Å². The van der Waals surface area contributed by atoms with E-state index < -0.39 is 0 Å². The molecule has 0 rings (SSSR count). The molecule has 3 heteroatoms. The molecule has 0 aliphatic rings. The van der Waals surface area contributed by atoms with Crippen LogP contribution in [0.5, 0.6) is 0 Å². The average molecular weight is 211 g/mol. The third-order valence-electron chi connectivity index (χ3n) is 2.34. The highest BCUT2D eigenvalue weighted by molar-refractivity contribution is 5.79. The molecule has 0 N–H and O–H groups in total. The third-order valence-corrected chi connectivity index (χ3v) is 2.34. The molecule has 0 saturated carbocycles. The Balaban J connectivity index is 3.72. The van der Waals surface area contributed by atoms with Gasteiger partial charge in [0.1, 0.15) is 0 Å². The van der Waals surface area contributed by atoms with Gasteiger partial charge in [-0.15, -0.1) is 6.58 Å². The van der Waals surface area contributed by atoms with Gasteiger partial charge in [0.25, 0.3) is 0 Å². The highest BCUT2D eigenvalue weighted by atomic mass is 15.3. The van der Waals surface area contributed by atoms with Crippen molar-refractivity contribution in [2.24, 2.45) is 4.99 Å². The fourth-order valence-corrected chi connectivity index (χ4v) is 1.63. The summed E-state index contributed by atoms with van der Waals surface area (Å²) in [6, 6.07) is 0. The topological polar surface area (TPSA) is 18.8 Å². The van der Waals surface area contributed by atoms with Gasteiger partial charge in [-0.2, -0.15) is 0 Å². The molecule has 3 nitrogen and oxygen atoms in total. The standard InChI is InChI=1S/C12H25N3/c1-6-7-8-9-10-11-15(5)12(13-2)14(3)4/h6H,1,7-11H2,2-5H3. The predicted molar refractivity (Wildman–Crippen MR) is 68.3 cm³/mol. The van der Waals surface area contributed by atoms with E-state index in [0.29, 0.717) is 0 Å². The van der Waals surface area contributed by atoms with Crippen molar-refractivity contribution in [1.29, 1.82) is 0 Å². The molecule has 0 aromatic carbocycles. The van der Waals surface area contributed by atoms with Crippen LogP contribution in [0, 0.1) is 0 Å². The highest BCUT2D eigenvalue weighted by Crippen LogP contribution is 2.02. The molecule has 15 heavy (non-hydrogen) atoms. The third kappa shape index (κ3) is 6.15. The zero-order valence-electron chi connectivity index (χ0n) is 10.7. The first-order chi connectivity index (χ1) is 7.13. The van der Waals surface area contributed by atoms with Crippen molar-refractivity contribution >= 4 is 5.96 Å². The van der Waals surface area contributed by atoms with E-state index in [9.17, 15) is 0 Å². The van der Waals surface area contributed by atoms with E-state index in [0.717, 1.165) is 18.9 Å². The SMILES string of the molecule is C=CCCCCCN(C)C(=NC)N(C)C. The monoisotopic (exact) mass is 211 g/mol. The Morgan fingerprint density at radius 1 is 1.20 bits per heavy atom. The normalized spacial score (nSPS) is 11.3. The molecule has 0 aromatic rings. The molecular formula is C12H25N3. The second kappa shape index (κ2) is 8.33. The molecule has 0 unspecified atom stereocenters. The molecule has 0 amide bonds. The van der Waals surface area contributed by atoms with Crippen molar-refractivity contribution < 1.29 is 0 Å². The molecule has 0 radical (unpaired) electrons. The van der Waals surface area contributed by atoms with Crippen molar-refractivity contribution in [3.8, 4) is 0 Å². The number of rotatable bonds is 6. The molecule has 0 aromatic heterocycles. The minimum atomic E-state index is 1.04. The van der Waals surface area contributed by atoms with Crippen LogP contribution < -0.4 is 0 Å². The van der Waals surface area contributed by atoms with Crippen LogP contribution in [0.2, 0.25) is 0 Å². The van der Waals surface area contributed by atoms with Crippen LogP contribution in [0.25, 0.3) is 0 Å². The van der Waals surface area contributed by atoms with Crippen LogP contribution >= 0.6 is 0 Å². The van der Waals surface area contributed by atoms with Crippen LogP contribution in [0.1, 0.15) is 25.7 Å². The smallest absolute Gasteiger partial charge is 0.195 e. The highest BCUT2D eigenvalue weighted by Gasteiger charge is 2.06. The first-order valence-corrected chi connectivity index (χ1v) is 5.59. The summed E-state index contributed by atoms with van der Waals surface area (Å²) in [5, 5.41) is 0. The summed E-state index contributed by atoms with van der Waals surface area (Å²) in [5.74, 6) is 1.04. The van der Waals surface area contributed by atoms with Crippen LogP contribution in [-0.2, 0) is 0 Å². The fourth-order valence-electron chi connectivity index (χ4n) is 1.63. The van der Waals surface area contributed by atoms with Gasteiger partial charge in [-0.1, -0.05) is 12.5 Å². The summed E-state index contributed by atoms with van der Waals surface area (Å²) in [6.07, 6.45) is 6.85. The van der Waals surface area contributed by atoms with E-state index in [1.165, 1.54) is 19.3 Å². The van der Waals surface area contributed by atoms with E-state index in [-0.39, 0.29) is 0 Å². The van der Waals surface area contributed by atoms with Crippen LogP contribution in [0.4, 0.5) is 0 Å². The van der Waals surface area contributed by atoms with Crippen molar-refractivity contribution in [2.45, 2.75) is 25.7 Å². The molecule has 0 heterocycles. The number of guanidine groups is 1. The zero-order valence-corrected chi connectivity index (χ0v) is 10.7. The Labute approximate surface area is 94.5 Å². The lowest BCUT2D eigenvalue weighted by Gasteiger charge is -2.26. The van der Waals surface area contributed by atoms with Gasteiger partial charge in [-0.25, -0.2) is 0 Å². The number of unbranched alkanes of at least 4 members (excludes halogenated alkanes) is 3. The molecule has 0 bridgehead atoms. The first-order valence-electron chi connectivity index (χ1n) is 5.59. The van der Waals surface area contributed by atoms with Gasteiger partial charge in [0.05, 0.1) is 0 Å². The molecule has 0 atom stereocenters. The molecule has 0 saturated heterocycles. The summed E-state index contributed by atoms with van der Waals surface area (Å²) >= 11 is 0. The molecule has 0 spiro atoms. The Bertz CT molecular complexity index is 197. The second-order valence-corrected chi connectivity index (χ2v) is 3.98. The number of hydrogen-bond acceptors (Lipinski definition) is 1. The quantitative estimate of drug-likeness (QED) is 0.290. The Morgan fingerprint density at radius 3 is 2.33 bits per heavy atom. The van der Waals surface area contributed by atoms with Gasteiger partial charge in [0, 0.05) is 34.7 Å². The van der Waals surface area contributed by atoms with Crippen LogP contribution in [0.3, 0.4) is 0 Å². The Kier molecular flexibility index (Phi) is 7.78. The number of aliphatic imine (C=N–C) groups is 1. The molecule has 88 valence electrons. The van der Waals surface area contributed by atoms with Crippen molar-refractivity contribution in [3.05, 3.63) is 12.7 Å². The van der Waals surface area contributed by atoms with Gasteiger partial charge in [0.15, 0.2) is 5.96 Å². The lowest BCUT2D eigenvalue weighted by molar-refractivity contribution is 0.409. The van der Waals surface area contributed by atoms with Crippen molar-refractivity contribution in [3.63, 3.8) is 0 Å². The van der Waals surface area contributed by atoms with Gasteiger partial charge < -0.3 is 9.80 Å². The summed E-state index contributed by atoms with van der Waals surface area (Å²) in [6.45, 7) is 4.79. The van der Waals surface area contributed by atoms with E-state index in [4.69, 9.17) is 0 Å². The van der Waals surface area contributed by atoms with Crippen LogP contribution in [0.15, 0.2) is 17.6 Å². The maximum absolute atomic E-state index is 4.25. The van der Waals surface area contributed by atoms with Crippen molar-refractivity contribution in [1.82, 2.24) is 9.80 Å². The number of nitrogens with zero attached hydrogens (tertiary/aromatic N) is 3. The van der Waals surface area contributed by atoms with Crippen molar-refractivity contribution in [2.75, 3.05) is 34.7 Å². The summed E-state index contributed by atoms with van der Waals surface area (Å²) in [7, 11) is 7.98. The maximum Gasteiger partial charge on any atom is 0.195 e. The Morgan fingerprint density at radius 2 is 1.87 bits per heavy atom. The second-order valence-electron chi connectivity index (χ2n) is 3.98. The first kappa shape index (κ1) is 14.0. The molecule has 0 aliphatic carbocycles. The maximum atomic E-state index is 4.25.